The van der Waals surface area contributed by atoms with E-state index in [0.29, 0.717) is 53.5 Å². The van der Waals surface area contributed by atoms with Crippen LogP contribution in [0, 0.1) is 12.8 Å². The van der Waals surface area contributed by atoms with Gasteiger partial charge in [-0.1, -0.05) is 6.07 Å². The van der Waals surface area contributed by atoms with Crippen LogP contribution in [-0.4, -0.2) is 36.7 Å². The van der Waals surface area contributed by atoms with Crippen LogP contribution in [0.2, 0.25) is 0 Å². The molecule has 0 unspecified atom stereocenters. The quantitative estimate of drug-likeness (QED) is 0.643. The largest absolute Gasteiger partial charge is 0.441 e. The number of aromatic nitrogens is 1. The van der Waals surface area contributed by atoms with E-state index >= 15 is 0 Å². The molecule has 0 bridgehead atoms. The number of amides is 1. The van der Waals surface area contributed by atoms with Gasteiger partial charge in [-0.15, -0.1) is 0 Å². The number of rotatable bonds is 4. The molecular weight excluding hydrogens is 426 g/mol. The number of hydrogen-bond donors (Lipinski definition) is 1. The number of carbonyl (C=O) groups is 1. The van der Waals surface area contributed by atoms with Gasteiger partial charge in [-0.3, -0.25) is 4.79 Å². The minimum Gasteiger partial charge on any atom is -0.441 e. The summed E-state index contributed by atoms with van der Waals surface area (Å²) < 4.78 is 33.3. The van der Waals surface area contributed by atoms with Crippen LogP contribution in [0.25, 0.3) is 11.1 Å². The number of carbonyl (C=O) groups excluding carboxylic acids is 1. The molecule has 1 saturated heterocycles. The van der Waals surface area contributed by atoms with Crippen molar-refractivity contribution in [1.82, 2.24) is 9.29 Å². The first-order valence-corrected chi connectivity index (χ1v) is 12.6. The Bertz CT molecular complexity index is 1270. The molecule has 0 spiro atoms. The van der Waals surface area contributed by atoms with E-state index in [1.54, 1.807) is 31.2 Å². The Morgan fingerprint density at radius 2 is 1.81 bits per heavy atom. The number of nitrogens with one attached hydrogen (secondary N) is 1. The first-order valence-electron chi connectivity index (χ1n) is 11.2. The van der Waals surface area contributed by atoms with Crippen LogP contribution < -0.4 is 5.32 Å². The summed E-state index contributed by atoms with van der Waals surface area (Å²) in [4.78, 5) is 17.4. The fourth-order valence-electron chi connectivity index (χ4n) is 4.74. The van der Waals surface area contributed by atoms with Gasteiger partial charge >= 0.3 is 0 Å². The lowest BCUT2D eigenvalue weighted by Gasteiger charge is -2.31. The molecule has 5 rings (SSSR count). The summed E-state index contributed by atoms with van der Waals surface area (Å²) in [5, 5.41) is 2.94. The first-order chi connectivity index (χ1) is 15.4. The summed E-state index contributed by atoms with van der Waals surface area (Å²) >= 11 is 0. The van der Waals surface area contributed by atoms with Gasteiger partial charge in [-0.25, -0.2) is 13.4 Å². The predicted octanol–water partition coefficient (Wildman–Crippen LogP) is 4.05. The molecule has 0 saturated carbocycles. The number of oxazole rings is 1. The van der Waals surface area contributed by atoms with Crippen molar-refractivity contribution in [3.05, 3.63) is 53.4 Å². The van der Waals surface area contributed by atoms with Crippen LogP contribution in [0.1, 0.15) is 42.7 Å². The fraction of sp³-hybridized carbons (Fsp3) is 0.417. The van der Waals surface area contributed by atoms with Gasteiger partial charge in [0.1, 0.15) is 5.52 Å². The molecule has 168 valence electrons. The van der Waals surface area contributed by atoms with E-state index in [-0.39, 0.29) is 11.8 Å². The number of anilines is 1. The summed E-state index contributed by atoms with van der Waals surface area (Å²) in [5.74, 6) is 0.270. The topological polar surface area (TPSA) is 92.5 Å². The van der Waals surface area contributed by atoms with Gasteiger partial charge in [-0.05, 0) is 80.0 Å². The third-order valence-corrected chi connectivity index (χ3v) is 8.44. The number of benzene rings is 2. The molecule has 1 aliphatic heterocycles. The third-order valence-electron chi connectivity index (χ3n) is 6.54. The Kier molecular flexibility index (Phi) is 5.51. The molecule has 32 heavy (non-hydrogen) atoms. The van der Waals surface area contributed by atoms with Crippen molar-refractivity contribution in [2.24, 2.45) is 5.92 Å². The average molecular weight is 454 g/mol. The van der Waals surface area contributed by atoms with Crippen molar-refractivity contribution in [1.29, 1.82) is 0 Å². The maximum absolute atomic E-state index is 13.2. The van der Waals surface area contributed by atoms with Crippen molar-refractivity contribution in [3.8, 4) is 0 Å². The molecule has 0 radical (unpaired) electrons. The SMILES string of the molecule is Cc1nc2cc(NC(=O)C3CCN(S(=O)(=O)c4ccc5c(c4)CCCC5)CC3)ccc2o1. The van der Waals surface area contributed by atoms with E-state index in [9.17, 15) is 13.2 Å². The second kappa shape index (κ2) is 8.33. The van der Waals surface area contributed by atoms with E-state index in [2.05, 4.69) is 10.3 Å². The maximum atomic E-state index is 13.2. The molecule has 1 amide bonds. The van der Waals surface area contributed by atoms with E-state index in [1.807, 2.05) is 12.1 Å². The number of fused-ring (bicyclic) bond motifs is 2. The molecular formula is C24H27N3O4S. The molecule has 1 aromatic heterocycles. The van der Waals surface area contributed by atoms with Crippen LogP contribution in [0.5, 0.6) is 0 Å². The molecule has 0 atom stereocenters. The maximum Gasteiger partial charge on any atom is 0.243 e. The van der Waals surface area contributed by atoms with Gasteiger partial charge in [-0.2, -0.15) is 4.31 Å². The normalized spacial score (nSPS) is 17.9. The molecule has 1 aliphatic carbocycles. The lowest BCUT2D eigenvalue weighted by molar-refractivity contribution is -0.120. The van der Waals surface area contributed by atoms with Gasteiger partial charge in [0.05, 0.1) is 4.90 Å². The second-order valence-electron chi connectivity index (χ2n) is 8.72. The van der Waals surface area contributed by atoms with Crippen molar-refractivity contribution in [3.63, 3.8) is 0 Å². The summed E-state index contributed by atoms with van der Waals surface area (Å²) in [7, 11) is -3.54. The lowest BCUT2D eigenvalue weighted by atomic mass is 9.92. The van der Waals surface area contributed by atoms with E-state index in [1.165, 1.54) is 16.3 Å². The minimum atomic E-state index is -3.54. The zero-order valence-corrected chi connectivity index (χ0v) is 19.0. The van der Waals surface area contributed by atoms with Crippen LogP contribution in [-0.2, 0) is 27.7 Å². The van der Waals surface area contributed by atoms with Crippen LogP contribution in [0.3, 0.4) is 0 Å². The highest BCUT2D eigenvalue weighted by atomic mass is 32.2. The van der Waals surface area contributed by atoms with Gasteiger partial charge in [0, 0.05) is 31.6 Å². The lowest BCUT2D eigenvalue weighted by Crippen LogP contribution is -2.41. The number of piperidine rings is 1. The Hall–Kier alpha value is -2.71. The summed E-state index contributed by atoms with van der Waals surface area (Å²) in [6, 6.07) is 10.9. The molecule has 2 aliphatic rings. The Morgan fingerprint density at radius 1 is 1.06 bits per heavy atom. The molecule has 1 fully saturated rings. The first kappa shape index (κ1) is 21.2. The predicted molar refractivity (Wildman–Crippen MR) is 122 cm³/mol. The highest BCUT2D eigenvalue weighted by Crippen LogP contribution is 2.29. The van der Waals surface area contributed by atoms with E-state index in [0.717, 1.165) is 24.8 Å². The smallest absolute Gasteiger partial charge is 0.243 e. The number of aryl methyl sites for hydroxylation is 3. The number of nitrogens with zero attached hydrogens (tertiary/aromatic N) is 2. The van der Waals surface area contributed by atoms with Crippen LogP contribution >= 0.6 is 0 Å². The number of hydrogen-bond acceptors (Lipinski definition) is 5. The minimum absolute atomic E-state index is 0.0876. The molecule has 1 N–H and O–H groups in total. The van der Waals surface area contributed by atoms with Gasteiger partial charge < -0.3 is 9.73 Å². The van der Waals surface area contributed by atoms with Gasteiger partial charge in [0.15, 0.2) is 11.5 Å². The fourth-order valence-corrected chi connectivity index (χ4v) is 6.26. The van der Waals surface area contributed by atoms with Gasteiger partial charge in [0.2, 0.25) is 15.9 Å². The van der Waals surface area contributed by atoms with Crippen molar-refractivity contribution < 1.29 is 17.6 Å². The zero-order chi connectivity index (χ0) is 22.3. The third kappa shape index (κ3) is 4.04. The monoisotopic (exact) mass is 453 g/mol. The molecule has 7 nitrogen and oxygen atoms in total. The summed E-state index contributed by atoms with van der Waals surface area (Å²) in [6.45, 7) is 2.47. The highest BCUT2D eigenvalue weighted by molar-refractivity contribution is 7.89. The molecule has 8 heteroatoms. The van der Waals surface area contributed by atoms with Crippen LogP contribution in [0.15, 0.2) is 45.7 Å². The van der Waals surface area contributed by atoms with Crippen molar-refractivity contribution in [2.45, 2.75) is 50.3 Å². The molecule has 2 aromatic carbocycles. The second-order valence-corrected chi connectivity index (χ2v) is 10.7. The Balaban J connectivity index is 1.23. The molecule has 2 heterocycles. The summed E-state index contributed by atoms with van der Waals surface area (Å²) in [6.07, 6.45) is 5.25. The standard InChI is InChI=1S/C24H27N3O4S/c1-16-25-22-15-20(7-9-23(22)31-16)26-24(28)18-10-12-27(13-11-18)32(29,30)21-8-6-17-4-2-3-5-19(17)14-21/h6-9,14-15,18H,2-5,10-13H2,1H3,(H,26,28). The van der Waals surface area contributed by atoms with E-state index < -0.39 is 10.0 Å². The zero-order valence-electron chi connectivity index (χ0n) is 18.1. The van der Waals surface area contributed by atoms with Crippen molar-refractivity contribution in [2.75, 3.05) is 18.4 Å². The van der Waals surface area contributed by atoms with E-state index in [4.69, 9.17) is 4.42 Å². The van der Waals surface area contributed by atoms with Crippen molar-refractivity contribution >= 4 is 32.7 Å². The highest BCUT2D eigenvalue weighted by Gasteiger charge is 2.32. The average Bonchev–Trinajstić information content (AvgIpc) is 3.18. The number of sulfonamides is 1. The Labute approximate surface area is 187 Å². The molecule has 3 aromatic rings. The van der Waals surface area contributed by atoms with Gasteiger partial charge in [0.25, 0.3) is 0 Å². The van der Waals surface area contributed by atoms with Crippen LogP contribution in [0.4, 0.5) is 5.69 Å². The summed E-state index contributed by atoms with van der Waals surface area (Å²) in [5.41, 5.74) is 4.47. The Morgan fingerprint density at radius 3 is 2.59 bits per heavy atom.